The monoisotopic (exact) mass is 245 g/mol. The van der Waals surface area contributed by atoms with E-state index in [2.05, 4.69) is 9.72 Å². The van der Waals surface area contributed by atoms with E-state index in [-0.39, 0.29) is 4.47 Å². The van der Waals surface area contributed by atoms with E-state index in [0.717, 1.165) is 6.92 Å². The smallest absolute Gasteiger partial charge is 0.413 e. The molecular formula is C6H3ClF3NO2S. The largest absolute Gasteiger partial charge is 0.438 e. The van der Waals surface area contributed by atoms with Crippen LogP contribution in [0.15, 0.2) is 0 Å². The van der Waals surface area contributed by atoms with Gasteiger partial charge in [-0.3, -0.25) is 4.79 Å². The molecule has 3 nitrogen and oxygen atoms in total. The molecule has 1 heterocycles. The first kappa shape index (κ1) is 11.3. The third-order valence-electron chi connectivity index (χ3n) is 1.07. The summed E-state index contributed by atoms with van der Waals surface area (Å²) in [5.74, 6) is -0.851. The minimum absolute atomic E-state index is 0.325. The lowest BCUT2D eigenvalue weighted by Gasteiger charge is -2.04. The van der Waals surface area contributed by atoms with Crippen molar-refractivity contribution in [3.63, 3.8) is 0 Å². The molecule has 0 N–H and O–H groups in total. The normalized spacial score (nSPS) is 11.5. The first-order valence-electron chi connectivity index (χ1n) is 3.22. The Morgan fingerprint density at radius 2 is 2.14 bits per heavy atom. The summed E-state index contributed by atoms with van der Waals surface area (Å²) in [6.45, 7) is 0.994. The molecule has 0 atom stereocenters. The summed E-state index contributed by atoms with van der Waals surface area (Å²) in [6, 6.07) is 0. The molecule has 0 saturated heterocycles. The number of rotatable bonds is 1. The molecule has 1 aromatic rings. The van der Waals surface area contributed by atoms with Gasteiger partial charge >= 0.3 is 12.1 Å². The summed E-state index contributed by atoms with van der Waals surface area (Å²) < 4.78 is 40.6. The second-order valence-corrected chi connectivity index (χ2v) is 3.74. The fourth-order valence-corrected chi connectivity index (χ4v) is 1.66. The lowest BCUT2D eigenvalue weighted by Crippen LogP contribution is -2.10. The Balaban J connectivity index is 3.09. The Morgan fingerprint density at radius 3 is 2.57 bits per heavy atom. The number of alkyl halides is 3. The second kappa shape index (κ2) is 3.74. The fourth-order valence-electron chi connectivity index (χ4n) is 0.660. The van der Waals surface area contributed by atoms with Crippen molar-refractivity contribution in [2.75, 3.05) is 0 Å². The van der Waals surface area contributed by atoms with Gasteiger partial charge in [0.2, 0.25) is 10.8 Å². The quantitative estimate of drug-likeness (QED) is 0.714. The van der Waals surface area contributed by atoms with E-state index in [1.165, 1.54) is 0 Å². The summed E-state index contributed by atoms with van der Waals surface area (Å²) in [5.41, 5.74) is -1.28. The van der Waals surface area contributed by atoms with Gasteiger partial charge in [-0.05, 0) is 0 Å². The van der Waals surface area contributed by atoms with Crippen LogP contribution in [0.5, 0.6) is 5.06 Å². The maximum atomic E-state index is 12.2. The number of aromatic nitrogens is 1. The molecule has 78 valence electrons. The van der Waals surface area contributed by atoms with Crippen LogP contribution in [0.25, 0.3) is 0 Å². The first-order chi connectivity index (χ1) is 6.30. The molecule has 0 unspecified atom stereocenters. The molecule has 1 rings (SSSR count). The van der Waals surface area contributed by atoms with Gasteiger partial charge in [-0.2, -0.15) is 13.2 Å². The van der Waals surface area contributed by atoms with Crippen molar-refractivity contribution >= 4 is 28.9 Å². The van der Waals surface area contributed by atoms with Crippen molar-refractivity contribution in [1.82, 2.24) is 4.98 Å². The zero-order valence-corrected chi connectivity index (χ0v) is 8.26. The maximum absolute atomic E-state index is 12.2. The highest BCUT2D eigenvalue weighted by Crippen LogP contribution is 2.40. The molecule has 8 heteroatoms. The van der Waals surface area contributed by atoms with Gasteiger partial charge in [-0.15, -0.1) is 0 Å². The lowest BCUT2D eigenvalue weighted by atomic mass is 10.5. The number of esters is 1. The molecule has 14 heavy (non-hydrogen) atoms. The predicted octanol–water partition coefficient (Wildman–Crippen LogP) is 2.74. The summed E-state index contributed by atoms with van der Waals surface area (Å²) in [6.07, 6.45) is -4.67. The molecule has 0 aliphatic carbocycles. The predicted molar refractivity (Wildman–Crippen MR) is 43.4 cm³/mol. The second-order valence-electron chi connectivity index (χ2n) is 2.19. The molecule has 0 saturated carbocycles. The van der Waals surface area contributed by atoms with Gasteiger partial charge < -0.3 is 4.74 Å². The Bertz CT molecular complexity index is 362. The van der Waals surface area contributed by atoms with Crippen LogP contribution in [0.2, 0.25) is 4.47 Å². The number of carbonyl (C=O) groups is 1. The van der Waals surface area contributed by atoms with Gasteiger partial charge in [0.05, 0.1) is 0 Å². The van der Waals surface area contributed by atoms with Crippen molar-refractivity contribution < 1.29 is 22.7 Å². The topological polar surface area (TPSA) is 39.2 Å². The summed E-state index contributed by atoms with van der Waals surface area (Å²) in [4.78, 5) is 13.5. The first-order valence-corrected chi connectivity index (χ1v) is 4.42. The number of nitrogens with zero attached hydrogens (tertiary/aromatic N) is 1. The van der Waals surface area contributed by atoms with E-state index in [9.17, 15) is 18.0 Å². The Hall–Kier alpha value is -0.820. The molecule has 1 aromatic heterocycles. The number of thiazole rings is 1. The Morgan fingerprint density at radius 1 is 1.57 bits per heavy atom. The van der Waals surface area contributed by atoms with Crippen LogP contribution in [-0.4, -0.2) is 11.0 Å². The average Bonchev–Trinajstić information content (AvgIpc) is 2.28. The zero-order chi connectivity index (χ0) is 10.9. The Labute approximate surface area is 85.5 Å². The van der Waals surface area contributed by atoms with E-state index < -0.39 is 22.9 Å². The highest BCUT2D eigenvalue weighted by Gasteiger charge is 2.39. The summed E-state index contributed by atoms with van der Waals surface area (Å²) >= 11 is 5.73. The molecular weight excluding hydrogens is 243 g/mol. The molecule has 0 aliphatic rings. The highest BCUT2D eigenvalue weighted by atomic mass is 35.5. The molecule has 0 aliphatic heterocycles. The third-order valence-corrected chi connectivity index (χ3v) is 2.11. The number of halogens is 4. The Kier molecular flexibility index (Phi) is 3.01. The van der Waals surface area contributed by atoms with Crippen molar-refractivity contribution in [3.05, 3.63) is 10.2 Å². The van der Waals surface area contributed by atoms with Crippen molar-refractivity contribution in [1.29, 1.82) is 0 Å². The number of hydrogen-bond acceptors (Lipinski definition) is 4. The standard InChI is InChI=1S/C6H3ClF3NO2S/c1-2(12)13-4-3(6(8,9)10)11-5(7)14-4/h1H3. The van der Waals surface area contributed by atoms with E-state index in [1.54, 1.807) is 0 Å². The van der Waals surface area contributed by atoms with Gasteiger partial charge in [-0.1, -0.05) is 22.9 Å². The molecule has 0 bridgehead atoms. The van der Waals surface area contributed by atoms with Gasteiger partial charge in [0.15, 0.2) is 4.47 Å². The number of hydrogen-bond donors (Lipinski definition) is 0. The van der Waals surface area contributed by atoms with Crippen molar-refractivity contribution in [2.45, 2.75) is 13.1 Å². The van der Waals surface area contributed by atoms with Crippen LogP contribution in [0.1, 0.15) is 12.6 Å². The highest BCUT2D eigenvalue weighted by molar-refractivity contribution is 7.17. The molecule has 0 fully saturated rings. The molecule has 0 amide bonds. The van der Waals surface area contributed by atoms with E-state index >= 15 is 0 Å². The van der Waals surface area contributed by atoms with Gasteiger partial charge in [0.1, 0.15) is 0 Å². The molecule has 0 radical (unpaired) electrons. The SMILES string of the molecule is CC(=O)Oc1sc(Cl)nc1C(F)(F)F. The van der Waals surface area contributed by atoms with Crippen LogP contribution in [-0.2, 0) is 11.0 Å². The minimum Gasteiger partial charge on any atom is -0.413 e. The minimum atomic E-state index is -4.67. The average molecular weight is 246 g/mol. The third kappa shape index (κ3) is 2.58. The van der Waals surface area contributed by atoms with Gasteiger partial charge in [-0.25, -0.2) is 4.98 Å². The van der Waals surface area contributed by atoms with E-state index in [1.807, 2.05) is 0 Å². The van der Waals surface area contributed by atoms with Crippen molar-refractivity contribution in [2.24, 2.45) is 0 Å². The van der Waals surface area contributed by atoms with Crippen LogP contribution in [0, 0.1) is 0 Å². The maximum Gasteiger partial charge on any atom is 0.438 e. The number of carbonyl (C=O) groups excluding carboxylic acids is 1. The van der Waals surface area contributed by atoms with E-state index in [0.29, 0.717) is 11.3 Å². The molecule has 0 spiro atoms. The number of ether oxygens (including phenoxy) is 1. The fraction of sp³-hybridized carbons (Fsp3) is 0.333. The van der Waals surface area contributed by atoms with E-state index in [4.69, 9.17) is 11.6 Å². The summed E-state index contributed by atoms with van der Waals surface area (Å²) in [5, 5.41) is -0.630. The van der Waals surface area contributed by atoms with Crippen LogP contribution < -0.4 is 4.74 Å². The van der Waals surface area contributed by atoms with Crippen LogP contribution in [0.3, 0.4) is 0 Å². The molecule has 0 aromatic carbocycles. The van der Waals surface area contributed by atoms with Gasteiger partial charge in [0.25, 0.3) is 0 Å². The van der Waals surface area contributed by atoms with Crippen molar-refractivity contribution in [3.8, 4) is 5.06 Å². The van der Waals surface area contributed by atoms with Crippen LogP contribution in [0.4, 0.5) is 13.2 Å². The zero-order valence-electron chi connectivity index (χ0n) is 6.68. The summed E-state index contributed by atoms with van der Waals surface area (Å²) in [7, 11) is 0. The van der Waals surface area contributed by atoms with Gasteiger partial charge in [0, 0.05) is 6.92 Å². The lowest BCUT2D eigenvalue weighted by molar-refractivity contribution is -0.143. The van der Waals surface area contributed by atoms with Crippen LogP contribution >= 0.6 is 22.9 Å².